The molecule has 0 rings (SSSR count). The van der Waals surface area contributed by atoms with Crippen molar-refractivity contribution in [3.8, 4) is 18.2 Å². The van der Waals surface area contributed by atoms with Gasteiger partial charge in [-0.25, -0.2) is 0 Å². The van der Waals surface area contributed by atoms with E-state index < -0.39 is 0 Å². The van der Waals surface area contributed by atoms with Crippen molar-refractivity contribution in [1.29, 1.82) is 15.8 Å². The van der Waals surface area contributed by atoms with E-state index in [0.29, 0.717) is 6.29 Å². The Hall–Kier alpha value is -2.58. The van der Waals surface area contributed by atoms with Crippen LogP contribution < -0.4 is 0 Å². The minimum Gasteiger partial charge on any atom is -0.351 e. The van der Waals surface area contributed by atoms with Crippen LogP contribution in [0.2, 0.25) is 0 Å². The van der Waals surface area contributed by atoms with Crippen LogP contribution in [0.3, 0.4) is 0 Å². The molecule has 0 radical (unpaired) electrons. The molecule has 0 unspecified atom stereocenters. The lowest BCUT2D eigenvalue weighted by atomic mass is 10.3. The molecule has 0 aromatic rings. The molecule has 5 heteroatoms. The van der Waals surface area contributed by atoms with E-state index >= 15 is 0 Å². The summed E-state index contributed by atoms with van der Waals surface area (Å²) in [6.45, 7) is 0.168. The molecule has 0 aliphatic heterocycles. The molecule has 15 heavy (non-hydrogen) atoms. The van der Waals surface area contributed by atoms with Crippen LogP contribution in [-0.2, 0) is 4.79 Å². The molecule has 0 amide bonds. The van der Waals surface area contributed by atoms with Crippen molar-refractivity contribution in [2.75, 3.05) is 13.1 Å². The van der Waals surface area contributed by atoms with Crippen molar-refractivity contribution in [3.63, 3.8) is 0 Å². The Kier molecular flexibility index (Phi) is 6.66. The lowest BCUT2D eigenvalue weighted by molar-refractivity contribution is -0.104. The van der Waals surface area contributed by atoms with Crippen LogP contribution in [-0.4, -0.2) is 24.3 Å². The van der Waals surface area contributed by atoms with Gasteiger partial charge >= 0.3 is 0 Å². The molecule has 0 saturated heterocycles. The molecule has 0 spiro atoms. The molecule has 0 aromatic carbocycles. The lowest BCUT2D eigenvalue weighted by Gasteiger charge is -2.10. The molecule has 0 aliphatic rings. The zero-order chi connectivity index (χ0) is 11.5. The Morgan fingerprint density at radius 1 is 1.20 bits per heavy atom. The van der Waals surface area contributed by atoms with Gasteiger partial charge in [0.05, 0.1) is 17.7 Å². The first-order valence-electron chi connectivity index (χ1n) is 4.00. The summed E-state index contributed by atoms with van der Waals surface area (Å²) in [5.74, 6) is 0. The second kappa shape index (κ2) is 8.04. The van der Waals surface area contributed by atoms with Crippen LogP contribution in [0, 0.1) is 34.0 Å². The summed E-state index contributed by atoms with van der Waals surface area (Å²) in [6.07, 6.45) is 4.67. The van der Waals surface area contributed by atoms with E-state index in [-0.39, 0.29) is 18.7 Å². The van der Waals surface area contributed by atoms with Gasteiger partial charge in [0.2, 0.25) is 0 Å². The molecule has 0 N–H and O–H groups in total. The Labute approximate surface area is 87.7 Å². The van der Waals surface area contributed by atoms with Crippen LogP contribution in [0.15, 0.2) is 23.9 Å². The SMILES string of the molecule is N#CCN(/C=C/C=C(/C#N)C=O)CC#N. The normalized spacial score (nSPS) is 10.1. The number of nitrogens with zero attached hydrogens (tertiary/aromatic N) is 4. The summed E-state index contributed by atoms with van der Waals surface area (Å²) >= 11 is 0. The van der Waals surface area contributed by atoms with E-state index in [1.54, 1.807) is 6.07 Å². The molecule has 74 valence electrons. The van der Waals surface area contributed by atoms with Gasteiger partial charge in [0.1, 0.15) is 19.2 Å². The molecule has 0 saturated carbocycles. The van der Waals surface area contributed by atoms with Gasteiger partial charge in [-0.3, -0.25) is 4.79 Å². The predicted molar refractivity (Wildman–Crippen MR) is 51.7 cm³/mol. The zero-order valence-corrected chi connectivity index (χ0v) is 7.92. The number of rotatable bonds is 5. The van der Waals surface area contributed by atoms with Crippen molar-refractivity contribution in [2.24, 2.45) is 0 Å². The number of hydrogen-bond donors (Lipinski definition) is 0. The highest BCUT2D eigenvalue weighted by Gasteiger charge is 1.94. The third kappa shape index (κ3) is 5.63. The van der Waals surface area contributed by atoms with Crippen LogP contribution in [0.4, 0.5) is 0 Å². The van der Waals surface area contributed by atoms with Gasteiger partial charge in [-0.05, 0) is 12.2 Å². The molecule has 5 nitrogen and oxygen atoms in total. The molecular weight excluding hydrogens is 192 g/mol. The van der Waals surface area contributed by atoms with E-state index in [9.17, 15) is 4.79 Å². The highest BCUT2D eigenvalue weighted by atomic mass is 16.1. The first-order chi connectivity index (χ1) is 7.28. The molecule has 0 fully saturated rings. The van der Waals surface area contributed by atoms with Crippen LogP contribution in [0.25, 0.3) is 0 Å². The van der Waals surface area contributed by atoms with Gasteiger partial charge in [0.15, 0.2) is 6.29 Å². The Morgan fingerprint density at radius 2 is 1.80 bits per heavy atom. The standard InChI is InChI=1S/C10H8N4O/c11-3-6-14(7-4-12)5-1-2-10(8-13)9-15/h1-2,5,9H,6-7H2/b5-1+,10-2-. The largest absolute Gasteiger partial charge is 0.351 e. The van der Waals surface area contributed by atoms with Gasteiger partial charge in [0, 0.05) is 6.20 Å². The number of carbonyl (C=O) groups is 1. The van der Waals surface area contributed by atoms with Crippen molar-refractivity contribution in [1.82, 2.24) is 4.90 Å². The summed E-state index contributed by atoms with van der Waals surface area (Å²) in [5, 5.41) is 25.2. The average molecular weight is 200 g/mol. The van der Waals surface area contributed by atoms with Gasteiger partial charge in [-0.15, -0.1) is 0 Å². The summed E-state index contributed by atoms with van der Waals surface area (Å²) < 4.78 is 0. The molecule has 0 aromatic heterocycles. The third-order valence-electron chi connectivity index (χ3n) is 1.38. The molecule has 0 heterocycles. The fourth-order valence-corrected chi connectivity index (χ4v) is 0.714. The first kappa shape index (κ1) is 12.4. The Bertz CT molecular complexity index is 373. The van der Waals surface area contributed by atoms with Crippen molar-refractivity contribution < 1.29 is 4.79 Å². The Balaban J connectivity index is 4.43. The summed E-state index contributed by atoms with van der Waals surface area (Å²) in [7, 11) is 0. The highest BCUT2D eigenvalue weighted by Crippen LogP contribution is 1.92. The Morgan fingerprint density at radius 3 is 2.20 bits per heavy atom. The molecule has 0 atom stereocenters. The fourth-order valence-electron chi connectivity index (χ4n) is 0.714. The lowest BCUT2D eigenvalue weighted by Crippen LogP contribution is -2.17. The maximum Gasteiger partial charge on any atom is 0.160 e. The second-order valence-electron chi connectivity index (χ2n) is 2.41. The smallest absolute Gasteiger partial charge is 0.160 e. The number of aldehydes is 1. The first-order valence-corrected chi connectivity index (χ1v) is 4.00. The molecule has 0 aliphatic carbocycles. The number of hydrogen-bond acceptors (Lipinski definition) is 5. The number of allylic oxidation sites excluding steroid dienone is 3. The van der Waals surface area contributed by atoms with E-state index in [1.165, 1.54) is 23.3 Å². The van der Waals surface area contributed by atoms with Crippen molar-refractivity contribution in [3.05, 3.63) is 23.9 Å². The van der Waals surface area contributed by atoms with Crippen molar-refractivity contribution >= 4 is 6.29 Å². The summed E-state index contributed by atoms with van der Waals surface area (Å²) in [5.41, 5.74) is -0.0138. The minimum absolute atomic E-state index is 0.0138. The quantitative estimate of drug-likeness (QED) is 0.212. The van der Waals surface area contributed by atoms with Gasteiger partial charge < -0.3 is 4.90 Å². The van der Waals surface area contributed by atoms with Crippen molar-refractivity contribution in [2.45, 2.75) is 0 Å². The van der Waals surface area contributed by atoms with E-state index in [4.69, 9.17) is 15.8 Å². The minimum atomic E-state index is -0.0138. The maximum absolute atomic E-state index is 10.2. The average Bonchev–Trinajstić information content (AvgIpc) is 2.25. The van der Waals surface area contributed by atoms with Gasteiger partial charge in [-0.1, -0.05) is 0 Å². The van der Waals surface area contributed by atoms with Crippen LogP contribution in [0.1, 0.15) is 0 Å². The van der Waals surface area contributed by atoms with E-state index in [0.717, 1.165) is 0 Å². The predicted octanol–water partition coefficient (Wildman–Crippen LogP) is 0.498. The second-order valence-corrected chi connectivity index (χ2v) is 2.41. The topological polar surface area (TPSA) is 91.7 Å². The third-order valence-corrected chi connectivity index (χ3v) is 1.38. The monoisotopic (exact) mass is 200 g/mol. The van der Waals surface area contributed by atoms with Gasteiger partial charge in [0.25, 0.3) is 0 Å². The van der Waals surface area contributed by atoms with E-state index in [2.05, 4.69) is 0 Å². The van der Waals surface area contributed by atoms with E-state index in [1.807, 2.05) is 12.1 Å². The van der Waals surface area contributed by atoms with Crippen LogP contribution >= 0.6 is 0 Å². The zero-order valence-electron chi connectivity index (χ0n) is 7.92. The summed E-state index contributed by atoms with van der Waals surface area (Å²) in [4.78, 5) is 11.7. The molecular formula is C10H8N4O. The van der Waals surface area contributed by atoms with Crippen LogP contribution in [0.5, 0.6) is 0 Å². The molecule has 0 bridgehead atoms. The number of nitriles is 3. The highest BCUT2D eigenvalue weighted by molar-refractivity contribution is 5.79. The summed E-state index contributed by atoms with van der Waals surface area (Å²) in [6, 6.07) is 5.46. The number of carbonyl (C=O) groups excluding carboxylic acids is 1. The van der Waals surface area contributed by atoms with Gasteiger partial charge in [-0.2, -0.15) is 15.8 Å². The fraction of sp³-hybridized carbons (Fsp3) is 0.200. The maximum atomic E-state index is 10.2.